The van der Waals surface area contributed by atoms with E-state index in [0.29, 0.717) is 11.3 Å². The fourth-order valence-corrected chi connectivity index (χ4v) is 2.63. The highest BCUT2D eigenvalue weighted by Gasteiger charge is 2.29. The predicted molar refractivity (Wildman–Crippen MR) is 121 cm³/mol. The van der Waals surface area contributed by atoms with Crippen molar-refractivity contribution in [2.75, 3.05) is 20.8 Å². The largest absolute Gasteiger partial charge is 0.496 e. The van der Waals surface area contributed by atoms with E-state index in [0.717, 1.165) is 16.7 Å². The Labute approximate surface area is 183 Å². The summed E-state index contributed by atoms with van der Waals surface area (Å²) in [5.41, 5.74) is 6.12. The Kier molecular flexibility index (Phi) is 10.5. The summed E-state index contributed by atoms with van der Waals surface area (Å²) in [7, 11) is 2.70. The first-order valence-electron chi connectivity index (χ1n) is 10.1. The zero-order valence-electron chi connectivity index (χ0n) is 19.0. The van der Waals surface area contributed by atoms with Crippen molar-refractivity contribution >= 4 is 28.6 Å². The summed E-state index contributed by atoms with van der Waals surface area (Å²) in [6, 6.07) is 9.05. The first-order chi connectivity index (χ1) is 14.6. The van der Waals surface area contributed by atoms with Crippen LogP contribution >= 0.6 is 0 Å². The number of methoxy groups -OCH3 is 2. The molecule has 8 heteroatoms. The SMILES string of the molecule is CC(C)C.COC(=O)CNC(=O)C(NC(=O)[C@H](C)N)c1c(OC)ccc2ccccc12. The van der Waals surface area contributed by atoms with Crippen LogP contribution in [0.15, 0.2) is 36.4 Å². The highest BCUT2D eigenvalue weighted by Crippen LogP contribution is 2.33. The van der Waals surface area contributed by atoms with Crippen molar-refractivity contribution in [1.82, 2.24) is 10.6 Å². The van der Waals surface area contributed by atoms with E-state index in [1.807, 2.05) is 30.3 Å². The number of esters is 1. The number of carbonyl (C=O) groups is 3. The molecule has 2 aromatic carbocycles. The summed E-state index contributed by atoms with van der Waals surface area (Å²) < 4.78 is 9.95. The Hall–Kier alpha value is -3.13. The monoisotopic (exact) mass is 431 g/mol. The lowest BCUT2D eigenvalue weighted by atomic mass is 9.96. The van der Waals surface area contributed by atoms with E-state index in [1.165, 1.54) is 21.1 Å². The van der Waals surface area contributed by atoms with Gasteiger partial charge in [-0.15, -0.1) is 0 Å². The molecule has 0 fully saturated rings. The number of benzene rings is 2. The van der Waals surface area contributed by atoms with Gasteiger partial charge in [0.05, 0.1) is 20.3 Å². The smallest absolute Gasteiger partial charge is 0.325 e. The molecule has 0 aromatic heterocycles. The van der Waals surface area contributed by atoms with Crippen LogP contribution in [0.3, 0.4) is 0 Å². The van der Waals surface area contributed by atoms with Gasteiger partial charge < -0.3 is 25.8 Å². The van der Waals surface area contributed by atoms with Crippen molar-refractivity contribution in [2.24, 2.45) is 11.7 Å². The standard InChI is InChI=1S/C19H23N3O5.C4H10/c1-11(20)18(24)22-17(19(25)21-10-15(23)27-3)16-13-7-5-4-6-12(13)8-9-14(16)26-2;1-4(2)3/h4-9,11,17H,10,20H2,1-3H3,(H,21,25)(H,22,24);4H,1-3H3/t11-,17?;/m0./s1. The van der Waals surface area contributed by atoms with Crippen molar-refractivity contribution in [2.45, 2.75) is 39.8 Å². The second-order valence-corrected chi connectivity index (χ2v) is 7.66. The van der Waals surface area contributed by atoms with E-state index in [2.05, 4.69) is 36.1 Å². The molecule has 8 nitrogen and oxygen atoms in total. The first kappa shape index (κ1) is 25.9. The summed E-state index contributed by atoms with van der Waals surface area (Å²) in [6.07, 6.45) is 0. The van der Waals surface area contributed by atoms with Crippen LogP contribution in [0.2, 0.25) is 0 Å². The van der Waals surface area contributed by atoms with Gasteiger partial charge in [0.1, 0.15) is 18.3 Å². The van der Waals surface area contributed by atoms with Gasteiger partial charge in [-0.05, 0) is 29.7 Å². The molecule has 2 rings (SSSR count). The molecule has 0 aliphatic heterocycles. The van der Waals surface area contributed by atoms with Crippen LogP contribution in [0.4, 0.5) is 0 Å². The molecule has 2 atom stereocenters. The molecule has 170 valence electrons. The summed E-state index contributed by atoms with van der Waals surface area (Å²) in [6.45, 7) is 7.69. The maximum absolute atomic E-state index is 12.8. The molecule has 0 radical (unpaired) electrons. The lowest BCUT2D eigenvalue weighted by Crippen LogP contribution is -2.46. The number of nitrogens with one attached hydrogen (secondary N) is 2. The summed E-state index contributed by atoms with van der Waals surface area (Å²) in [5.74, 6) is -0.436. The molecule has 2 aromatic rings. The maximum atomic E-state index is 12.8. The van der Waals surface area contributed by atoms with E-state index >= 15 is 0 Å². The fraction of sp³-hybridized carbons (Fsp3) is 0.435. The van der Waals surface area contributed by atoms with Gasteiger partial charge in [-0.3, -0.25) is 14.4 Å². The third-order valence-corrected chi connectivity index (χ3v) is 4.04. The van der Waals surface area contributed by atoms with Gasteiger partial charge in [0.25, 0.3) is 0 Å². The lowest BCUT2D eigenvalue weighted by Gasteiger charge is -2.23. The second kappa shape index (κ2) is 12.5. The zero-order chi connectivity index (χ0) is 23.6. The number of nitrogens with two attached hydrogens (primary N) is 1. The van der Waals surface area contributed by atoms with Crippen LogP contribution in [-0.2, 0) is 19.1 Å². The minimum absolute atomic E-state index is 0.326. The minimum Gasteiger partial charge on any atom is -0.496 e. The fourth-order valence-electron chi connectivity index (χ4n) is 2.63. The number of fused-ring (bicyclic) bond motifs is 1. The number of ether oxygens (including phenoxy) is 2. The van der Waals surface area contributed by atoms with Crippen molar-refractivity contribution < 1.29 is 23.9 Å². The van der Waals surface area contributed by atoms with Crippen LogP contribution in [0.1, 0.15) is 39.3 Å². The topological polar surface area (TPSA) is 120 Å². The third kappa shape index (κ3) is 7.90. The Morgan fingerprint density at radius 1 is 0.968 bits per heavy atom. The molecule has 0 aliphatic rings. The molecule has 0 aliphatic carbocycles. The Bertz CT molecular complexity index is 893. The molecule has 0 heterocycles. The quantitative estimate of drug-likeness (QED) is 0.579. The Morgan fingerprint density at radius 3 is 2.13 bits per heavy atom. The van der Waals surface area contributed by atoms with E-state index in [-0.39, 0.29) is 6.54 Å². The van der Waals surface area contributed by atoms with Gasteiger partial charge in [0, 0.05) is 5.56 Å². The van der Waals surface area contributed by atoms with Gasteiger partial charge in [0.15, 0.2) is 0 Å². The minimum atomic E-state index is -1.10. The van der Waals surface area contributed by atoms with Crippen LogP contribution in [0.25, 0.3) is 10.8 Å². The highest BCUT2D eigenvalue weighted by atomic mass is 16.5. The van der Waals surface area contributed by atoms with Crippen molar-refractivity contribution in [3.63, 3.8) is 0 Å². The second-order valence-electron chi connectivity index (χ2n) is 7.66. The first-order valence-corrected chi connectivity index (χ1v) is 10.1. The molecule has 2 amide bonds. The molecular formula is C23H33N3O5. The van der Waals surface area contributed by atoms with E-state index in [1.54, 1.807) is 6.07 Å². The molecule has 0 saturated carbocycles. The molecule has 1 unspecified atom stereocenters. The Morgan fingerprint density at radius 2 is 1.58 bits per heavy atom. The van der Waals surface area contributed by atoms with Crippen molar-refractivity contribution in [3.8, 4) is 5.75 Å². The molecule has 0 bridgehead atoms. The normalized spacial score (nSPS) is 12.3. The van der Waals surface area contributed by atoms with Crippen LogP contribution < -0.4 is 21.1 Å². The summed E-state index contributed by atoms with van der Waals surface area (Å²) in [4.78, 5) is 36.4. The van der Waals surface area contributed by atoms with E-state index in [9.17, 15) is 14.4 Å². The number of hydrogen-bond donors (Lipinski definition) is 3. The van der Waals surface area contributed by atoms with Crippen molar-refractivity contribution in [3.05, 3.63) is 42.0 Å². The van der Waals surface area contributed by atoms with E-state index in [4.69, 9.17) is 10.5 Å². The van der Waals surface area contributed by atoms with Crippen molar-refractivity contribution in [1.29, 1.82) is 0 Å². The van der Waals surface area contributed by atoms with E-state index < -0.39 is 29.9 Å². The highest BCUT2D eigenvalue weighted by molar-refractivity contribution is 5.98. The van der Waals surface area contributed by atoms with Gasteiger partial charge in [-0.1, -0.05) is 51.1 Å². The number of carbonyl (C=O) groups excluding carboxylic acids is 3. The average molecular weight is 432 g/mol. The lowest BCUT2D eigenvalue weighted by molar-refractivity contribution is -0.141. The number of hydrogen-bond acceptors (Lipinski definition) is 6. The summed E-state index contributed by atoms with van der Waals surface area (Å²) >= 11 is 0. The van der Waals surface area contributed by atoms with Gasteiger partial charge >= 0.3 is 5.97 Å². The maximum Gasteiger partial charge on any atom is 0.325 e. The van der Waals surface area contributed by atoms with Crippen LogP contribution in [-0.4, -0.2) is 44.6 Å². The van der Waals surface area contributed by atoms with Crippen LogP contribution in [0, 0.1) is 5.92 Å². The van der Waals surface area contributed by atoms with Gasteiger partial charge in [-0.2, -0.15) is 0 Å². The zero-order valence-corrected chi connectivity index (χ0v) is 19.0. The molecule has 31 heavy (non-hydrogen) atoms. The average Bonchev–Trinajstić information content (AvgIpc) is 2.74. The molecule has 0 saturated heterocycles. The molecule has 4 N–H and O–H groups in total. The van der Waals surface area contributed by atoms with Gasteiger partial charge in [0.2, 0.25) is 11.8 Å². The molecule has 0 spiro atoms. The molecular weight excluding hydrogens is 398 g/mol. The summed E-state index contributed by atoms with van der Waals surface area (Å²) in [5, 5.41) is 6.71. The predicted octanol–water partition coefficient (Wildman–Crippen LogP) is 2.30. The third-order valence-electron chi connectivity index (χ3n) is 4.04. The van der Waals surface area contributed by atoms with Gasteiger partial charge in [-0.25, -0.2) is 0 Å². The Balaban J connectivity index is 0.00000110. The van der Waals surface area contributed by atoms with Crippen LogP contribution in [0.5, 0.6) is 5.75 Å². The number of amides is 2. The number of rotatable bonds is 7.